The Labute approximate surface area is 285 Å². The van der Waals surface area contributed by atoms with Crippen LogP contribution in [0.15, 0.2) is 182 Å². The largest absolute Gasteiger partial charge is 0.236 e. The van der Waals surface area contributed by atoms with Gasteiger partial charge in [-0.15, -0.1) is 0 Å². The molecule has 0 radical (unpaired) electrons. The lowest BCUT2D eigenvalue weighted by Crippen LogP contribution is -2.30. The van der Waals surface area contributed by atoms with Crippen LogP contribution in [0, 0.1) is 0 Å². The molecule has 0 bridgehead atoms. The summed E-state index contributed by atoms with van der Waals surface area (Å²) < 4.78 is 0. The summed E-state index contributed by atoms with van der Waals surface area (Å²) in [6.07, 6.45) is 3.95. The van der Waals surface area contributed by atoms with Crippen LogP contribution < -0.4 is 0 Å². The summed E-state index contributed by atoms with van der Waals surface area (Å²) in [6.45, 7) is 0. The molecule has 1 aliphatic rings. The minimum absolute atomic E-state index is 0.667. The van der Waals surface area contributed by atoms with Crippen molar-refractivity contribution in [2.45, 2.75) is 5.41 Å². The zero-order chi connectivity index (χ0) is 32.6. The van der Waals surface area contributed by atoms with E-state index in [1.165, 1.54) is 5.56 Å². The Bertz CT molecular complexity index is 2370. The monoisotopic (exact) mass is 626 g/mol. The average molecular weight is 627 g/mol. The van der Waals surface area contributed by atoms with E-state index in [1.54, 1.807) is 0 Å². The Morgan fingerprint density at radius 3 is 1.47 bits per heavy atom. The second-order valence-electron chi connectivity index (χ2n) is 12.3. The molecule has 0 amide bonds. The maximum absolute atomic E-state index is 5.45. The van der Waals surface area contributed by atoms with Crippen LogP contribution in [0.25, 0.3) is 56.3 Å². The number of hydrogen-bond donors (Lipinski definition) is 0. The van der Waals surface area contributed by atoms with Gasteiger partial charge in [0.2, 0.25) is 0 Å². The third kappa shape index (κ3) is 4.85. The van der Waals surface area contributed by atoms with E-state index in [-0.39, 0.29) is 0 Å². The Balaban J connectivity index is 1.24. The molecule has 0 atom stereocenters. The summed E-state index contributed by atoms with van der Waals surface area (Å²) in [5, 5.41) is 0. The Morgan fingerprint density at radius 1 is 0.367 bits per heavy atom. The van der Waals surface area contributed by atoms with Gasteiger partial charge in [-0.05, 0) is 39.4 Å². The molecule has 0 aliphatic heterocycles. The summed E-state index contributed by atoms with van der Waals surface area (Å²) in [4.78, 5) is 20.7. The molecule has 6 aromatic carbocycles. The topological polar surface area (TPSA) is 51.6 Å². The summed E-state index contributed by atoms with van der Waals surface area (Å²) in [5.41, 5.74) is 11.6. The van der Waals surface area contributed by atoms with E-state index in [0.29, 0.717) is 11.6 Å². The highest BCUT2D eigenvalue weighted by molar-refractivity contribution is 5.84. The zero-order valence-electron chi connectivity index (χ0n) is 26.6. The van der Waals surface area contributed by atoms with Crippen LogP contribution in [-0.4, -0.2) is 19.9 Å². The molecule has 0 fully saturated rings. The predicted octanol–water partition coefficient (Wildman–Crippen LogP) is 10.3. The molecule has 9 rings (SSSR count). The van der Waals surface area contributed by atoms with Gasteiger partial charge in [0.15, 0.2) is 11.6 Å². The number of nitrogens with zero attached hydrogens (tertiary/aromatic N) is 4. The fraction of sp³-hybridized carbons (Fsp3) is 0.0222. The van der Waals surface area contributed by atoms with E-state index in [9.17, 15) is 0 Å². The fourth-order valence-corrected chi connectivity index (χ4v) is 7.15. The number of fused-ring (bicyclic) bond motifs is 3. The van der Waals surface area contributed by atoms with Crippen LogP contribution in [0.2, 0.25) is 0 Å². The molecule has 1 aliphatic carbocycles. The Morgan fingerprint density at radius 2 is 0.837 bits per heavy atom. The van der Waals surface area contributed by atoms with Crippen LogP contribution >= 0.6 is 0 Å². The van der Waals surface area contributed by atoms with Crippen LogP contribution in [0.3, 0.4) is 0 Å². The SMILES string of the molecule is c1ccc(-c2ccc(-c3ncc4c(n3)-c3cnc(-c5cccc(-c6ccccc6)c5)nc3C4(c3ccccc3)c3ccccc3)cc2)cc1. The van der Waals surface area contributed by atoms with E-state index in [4.69, 9.17) is 19.9 Å². The lowest BCUT2D eigenvalue weighted by molar-refractivity contribution is 0.730. The smallest absolute Gasteiger partial charge is 0.159 e. The molecule has 2 aromatic heterocycles. The Hall–Kier alpha value is -6.52. The van der Waals surface area contributed by atoms with Gasteiger partial charge in [0.1, 0.15) is 0 Å². The summed E-state index contributed by atoms with van der Waals surface area (Å²) in [5.74, 6) is 1.34. The number of rotatable bonds is 6. The maximum Gasteiger partial charge on any atom is 0.159 e. The lowest BCUT2D eigenvalue weighted by atomic mass is 9.70. The van der Waals surface area contributed by atoms with Crippen molar-refractivity contribution in [1.82, 2.24) is 19.9 Å². The highest BCUT2D eigenvalue weighted by Crippen LogP contribution is 2.54. The standard InChI is InChI=1S/C45H30N4/c1-5-14-31(15-6-1)33-24-26-34(27-25-33)43-47-30-40-41(48-43)39-29-46-44(36-19-13-18-35(28-36)32-16-7-2-8-17-32)49-42(39)45(40,37-20-9-3-10-21-37)38-22-11-4-12-23-38/h1-30H. The summed E-state index contributed by atoms with van der Waals surface area (Å²) >= 11 is 0. The van der Waals surface area contributed by atoms with E-state index in [2.05, 4.69) is 158 Å². The molecule has 0 unspecified atom stereocenters. The molecule has 0 N–H and O–H groups in total. The van der Waals surface area contributed by atoms with Crippen molar-refractivity contribution in [2.24, 2.45) is 0 Å². The highest BCUT2D eigenvalue weighted by atomic mass is 15.0. The van der Waals surface area contributed by atoms with Gasteiger partial charge in [0.05, 0.1) is 16.8 Å². The van der Waals surface area contributed by atoms with Crippen LogP contribution in [0.1, 0.15) is 22.4 Å². The molecule has 0 saturated carbocycles. The van der Waals surface area contributed by atoms with Gasteiger partial charge in [-0.1, -0.05) is 164 Å². The predicted molar refractivity (Wildman–Crippen MR) is 197 cm³/mol. The third-order valence-electron chi connectivity index (χ3n) is 9.48. The van der Waals surface area contributed by atoms with Crippen molar-refractivity contribution >= 4 is 0 Å². The molecule has 2 heterocycles. The van der Waals surface area contributed by atoms with Crippen LogP contribution in [-0.2, 0) is 5.41 Å². The van der Waals surface area contributed by atoms with E-state index in [1.807, 2.05) is 24.5 Å². The van der Waals surface area contributed by atoms with Crippen molar-refractivity contribution in [3.05, 3.63) is 205 Å². The normalized spacial score (nSPS) is 12.7. The van der Waals surface area contributed by atoms with Crippen molar-refractivity contribution in [3.63, 3.8) is 0 Å². The lowest BCUT2D eigenvalue weighted by Gasteiger charge is -2.32. The van der Waals surface area contributed by atoms with Gasteiger partial charge in [-0.2, -0.15) is 0 Å². The Kier molecular flexibility index (Phi) is 6.98. The van der Waals surface area contributed by atoms with Crippen LogP contribution in [0.4, 0.5) is 0 Å². The van der Waals surface area contributed by atoms with Gasteiger partial charge < -0.3 is 0 Å². The first kappa shape index (κ1) is 28.7. The first-order chi connectivity index (χ1) is 24.3. The number of hydrogen-bond acceptors (Lipinski definition) is 4. The van der Waals surface area contributed by atoms with Gasteiger partial charge >= 0.3 is 0 Å². The molecular weight excluding hydrogens is 597 g/mol. The molecule has 49 heavy (non-hydrogen) atoms. The number of aromatic nitrogens is 4. The molecule has 0 saturated heterocycles. The summed E-state index contributed by atoms with van der Waals surface area (Å²) in [7, 11) is 0. The molecule has 4 nitrogen and oxygen atoms in total. The van der Waals surface area contributed by atoms with Crippen molar-refractivity contribution in [2.75, 3.05) is 0 Å². The van der Waals surface area contributed by atoms with Gasteiger partial charge in [0, 0.05) is 34.6 Å². The van der Waals surface area contributed by atoms with Gasteiger partial charge in [-0.3, -0.25) is 0 Å². The zero-order valence-corrected chi connectivity index (χ0v) is 26.6. The molecule has 0 spiro atoms. The molecule has 4 heteroatoms. The van der Waals surface area contributed by atoms with E-state index < -0.39 is 5.41 Å². The third-order valence-corrected chi connectivity index (χ3v) is 9.48. The average Bonchev–Trinajstić information content (AvgIpc) is 3.49. The summed E-state index contributed by atoms with van der Waals surface area (Å²) in [6, 6.07) is 58.9. The van der Waals surface area contributed by atoms with Crippen molar-refractivity contribution < 1.29 is 0 Å². The van der Waals surface area contributed by atoms with Crippen molar-refractivity contribution in [1.29, 1.82) is 0 Å². The van der Waals surface area contributed by atoms with Crippen LogP contribution in [0.5, 0.6) is 0 Å². The fourth-order valence-electron chi connectivity index (χ4n) is 7.15. The minimum atomic E-state index is -0.738. The quantitative estimate of drug-likeness (QED) is 0.184. The second kappa shape index (κ2) is 11.9. The maximum atomic E-state index is 5.45. The first-order valence-corrected chi connectivity index (χ1v) is 16.5. The minimum Gasteiger partial charge on any atom is -0.236 e. The van der Waals surface area contributed by atoms with Crippen molar-refractivity contribution in [3.8, 4) is 56.3 Å². The highest BCUT2D eigenvalue weighted by Gasteiger charge is 2.49. The van der Waals surface area contributed by atoms with E-state index in [0.717, 1.165) is 61.5 Å². The second-order valence-corrected chi connectivity index (χ2v) is 12.3. The molecule has 8 aromatic rings. The molecule has 230 valence electrons. The van der Waals surface area contributed by atoms with Gasteiger partial charge in [0.25, 0.3) is 0 Å². The molecular formula is C45H30N4. The first-order valence-electron chi connectivity index (χ1n) is 16.5. The van der Waals surface area contributed by atoms with E-state index >= 15 is 0 Å². The number of benzene rings is 6. The van der Waals surface area contributed by atoms with Gasteiger partial charge in [-0.25, -0.2) is 19.9 Å².